The molecule has 1 fully saturated rings. The van der Waals surface area contributed by atoms with E-state index in [-0.39, 0.29) is 5.97 Å². The maximum absolute atomic E-state index is 11.2. The first-order valence-corrected chi connectivity index (χ1v) is 4.18. The van der Waals surface area contributed by atoms with Gasteiger partial charge in [-0.15, -0.1) is 0 Å². The number of methoxy groups -OCH3 is 1. The van der Waals surface area contributed by atoms with Gasteiger partial charge in [-0.1, -0.05) is 0 Å². The van der Waals surface area contributed by atoms with Crippen LogP contribution in [-0.4, -0.2) is 55.3 Å². The summed E-state index contributed by atoms with van der Waals surface area (Å²) in [6, 6.07) is 0. The predicted molar refractivity (Wildman–Crippen MR) is 46.9 cm³/mol. The van der Waals surface area contributed by atoms with Crippen LogP contribution in [0.2, 0.25) is 5.82 Å². The summed E-state index contributed by atoms with van der Waals surface area (Å²) in [5.74, 6) is -1.23. The van der Waals surface area contributed by atoms with Crippen LogP contribution < -0.4 is 0 Å². The molecule has 5 nitrogen and oxygen atoms in total. The van der Waals surface area contributed by atoms with Crippen molar-refractivity contribution in [2.75, 3.05) is 27.2 Å². The van der Waals surface area contributed by atoms with Gasteiger partial charge in [0.15, 0.2) is 0 Å². The van der Waals surface area contributed by atoms with E-state index in [4.69, 9.17) is 10.0 Å². The third kappa shape index (κ3) is 2.21. The minimum Gasteiger partial charge on any atom is -0.469 e. The monoisotopic (exact) mass is 187 g/mol. The Morgan fingerprint density at radius 3 is 2.62 bits per heavy atom. The Morgan fingerprint density at radius 1 is 1.54 bits per heavy atom. The van der Waals surface area contributed by atoms with Crippen molar-refractivity contribution in [2.24, 2.45) is 5.92 Å². The molecule has 2 unspecified atom stereocenters. The lowest BCUT2D eigenvalue weighted by molar-refractivity contribution is -0.145. The standard InChI is InChI=1S/C7H14BNO4/c1-9-3-5(7(10)13-2)6(4-9)8(11)12/h5-6,11-12H,3-4H2,1-2H3. The van der Waals surface area contributed by atoms with Gasteiger partial charge >= 0.3 is 13.1 Å². The van der Waals surface area contributed by atoms with E-state index in [0.29, 0.717) is 13.1 Å². The van der Waals surface area contributed by atoms with Crippen molar-refractivity contribution in [1.29, 1.82) is 0 Å². The van der Waals surface area contributed by atoms with Gasteiger partial charge in [0, 0.05) is 18.9 Å². The number of carbonyl (C=O) groups is 1. The number of nitrogens with zero attached hydrogens (tertiary/aromatic N) is 1. The fraction of sp³-hybridized carbons (Fsp3) is 0.857. The highest BCUT2D eigenvalue weighted by Gasteiger charge is 2.43. The molecule has 0 bridgehead atoms. The molecule has 0 aromatic carbocycles. The lowest BCUT2D eigenvalue weighted by atomic mass is 9.67. The minimum absolute atomic E-state index is 0.373. The molecule has 0 aliphatic carbocycles. The molecular weight excluding hydrogens is 173 g/mol. The molecule has 1 rings (SSSR count). The van der Waals surface area contributed by atoms with E-state index in [1.165, 1.54) is 7.11 Å². The Bertz CT molecular complexity index is 199. The van der Waals surface area contributed by atoms with Gasteiger partial charge < -0.3 is 19.7 Å². The van der Waals surface area contributed by atoms with Gasteiger partial charge in [0.2, 0.25) is 0 Å². The van der Waals surface area contributed by atoms with Crippen molar-refractivity contribution < 1.29 is 19.6 Å². The summed E-state index contributed by atoms with van der Waals surface area (Å²) >= 11 is 0. The molecule has 0 saturated carbocycles. The molecule has 0 amide bonds. The van der Waals surface area contributed by atoms with Crippen molar-refractivity contribution in [2.45, 2.75) is 5.82 Å². The largest absolute Gasteiger partial charge is 0.469 e. The minimum atomic E-state index is -1.45. The van der Waals surface area contributed by atoms with Crippen LogP contribution in [0.3, 0.4) is 0 Å². The van der Waals surface area contributed by atoms with Gasteiger partial charge in [-0.25, -0.2) is 0 Å². The van der Waals surface area contributed by atoms with Gasteiger partial charge in [-0.3, -0.25) is 4.79 Å². The van der Waals surface area contributed by atoms with Crippen LogP contribution in [0.1, 0.15) is 0 Å². The highest BCUT2D eigenvalue weighted by molar-refractivity contribution is 6.44. The second-order valence-electron chi connectivity index (χ2n) is 3.43. The lowest BCUT2D eigenvalue weighted by Gasteiger charge is -2.14. The highest BCUT2D eigenvalue weighted by Crippen LogP contribution is 2.29. The fourth-order valence-electron chi connectivity index (χ4n) is 1.74. The molecule has 1 aliphatic rings. The molecule has 6 heteroatoms. The zero-order valence-corrected chi connectivity index (χ0v) is 7.80. The Balaban J connectivity index is 2.66. The van der Waals surface area contributed by atoms with E-state index < -0.39 is 18.9 Å². The van der Waals surface area contributed by atoms with E-state index in [1.54, 1.807) is 0 Å². The first kappa shape index (κ1) is 10.5. The van der Waals surface area contributed by atoms with Gasteiger partial charge in [0.25, 0.3) is 0 Å². The van der Waals surface area contributed by atoms with E-state index in [0.717, 1.165) is 0 Å². The number of hydrogen-bond donors (Lipinski definition) is 2. The summed E-state index contributed by atoms with van der Waals surface area (Å²) in [5, 5.41) is 18.0. The third-order valence-electron chi connectivity index (χ3n) is 2.43. The molecule has 1 aliphatic heterocycles. The van der Waals surface area contributed by atoms with E-state index in [1.807, 2.05) is 11.9 Å². The van der Waals surface area contributed by atoms with Crippen LogP contribution >= 0.6 is 0 Å². The van der Waals surface area contributed by atoms with Crippen LogP contribution in [0.4, 0.5) is 0 Å². The normalized spacial score (nSPS) is 28.9. The molecule has 2 atom stereocenters. The van der Waals surface area contributed by atoms with Crippen LogP contribution in [-0.2, 0) is 9.53 Å². The number of hydrogen-bond acceptors (Lipinski definition) is 5. The topological polar surface area (TPSA) is 70.0 Å². The Morgan fingerprint density at radius 2 is 2.15 bits per heavy atom. The first-order chi connectivity index (χ1) is 6.06. The number of esters is 1. The number of carbonyl (C=O) groups excluding carboxylic acids is 1. The molecule has 13 heavy (non-hydrogen) atoms. The molecule has 0 aromatic heterocycles. The Hall–Kier alpha value is -0.585. The maximum atomic E-state index is 11.2. The van der Waals surface area contributed by atoms with Crippen LogP contribution in [0.15, 0.2) is 0 Å². The molecule has 0 spiro atoms. The van der Waals surface area contributed by atoms with E-state index in [9.17, 15) is 4.79 Å². The predicted octanol–water partition coefficient (Wildman–Crippen LogP) is -1.44. The SMILES string of the molecule is COC(=O)C1CN(C)CC1B(O)O. The Kier molecular flexibility index (Phi) is 3.30. The summed E-state index contributed by atoms with van der Waals surface area (Å²) in [6.07, 6.45) is 0. The second-order valence-corrected chi connectivity index (χ2v) is 3.43. The molecule has 1 saturated heterocycles. The number of likely N-dealkylation sites (tertiary alicyclic amines) is 1. The summed E-state index contributed by atoms with van der Waals surface area (Å²) in [6.45, 7) is 1.03. The first-order valence-electron chi connectivity index (χ1n) is 4.18. The maximum Gasteiger partial charge on any atom is 0.457 e. The molecule has 0 aromatic rings. The summed E-state index contributed by atoms with van der Waals surface area (Å²) in [4.78, 5) is 13.1. The van der Waals surface area contributed by atoms with E-state index >= 15 is 0 Å². The molecule has 1 heterocycles. The number of rotatable bonds is 2. The van der Waals surface area contributed by atoms with Crippen molar-refractivity contribution in [3.05, 3.63) is 0 Å². The summed E-state index contributed by atoms with van der Waals surface area (Å²) < 4.78 is 4.58. The van der Waals surface area contributed by atoms with Crippen molar-refractivity contribution >= 4 is 13.1 Å². The lowest BCUT2D eigenvalue weighted by Crippen LogP contribution is -2.31. The van der Waals surface area contributed by atoms with Crippen molar-refractivity contribution in [1.82, 2.24) is 4.90 Å². The second kappa shape index (κ2) is 4.08. The average Bonchev–Trinajstić information content (AvgIpc) is 2.46. The van der Waals surface area contributed by atoms with Gasteiger partial charge in [-0.2, -0.15) is 0 Å². The van der Waals surface area contributed by atoms with Crippen LogP contribution in [0, 0.1) is 5.92 Å². The molecule has 74 valence electrons. The van der Waals surface area contributed by atoms with Gasteiger partial charge in [0.05, 0.1) is 13.0 Å². The third-order valence-corrected chi connectivity index (χ3v) is 2.43. The average molecular weight is 187 g/mol. The fourth-order valence-corrected chi connectivity index (χ4v) is 1.74. The highest BCUT2D eigenvalue weighted by atomic mass is 16.5. The molecule has 2 N–H and O–H groups in total. The number of ether oxygens (including phenoxy) is 1. The van der Waals surface area contributed by atoms with Crippen LogP contribution in [0.5, 0.6) is 0 Å². The van der Waals surface area contributed by atoms with Crippen LogP contribution in [0.25, 0.3) is 0 Å². The smallest absolute Gasteiger partial charge is 0.457 e. The van der Waals surface area contributed by atoms with E-state index in [2.05, 4.69) is 4.74 Å². The zero-order chi connectivity index (χ0) is 10.0. The zero-order valence-electron chi connectivity index (χ0n) is 7.80. The molecule has 0 radical (unpaired) electrons. The van der Waals surface area contributed by atoms with Crippen molar-refractivity contribution in [3.63, 3.8) is 0 Å². The van der Waals surface area contributed by atoms with Gasteiger partial charge in [-0.05, 0) is 7.05 Å². The van der Waals surface area contributed by atoms with Crippen molar-refractivity contribution in [3.8, 4) is 0 Å². The summed E-state index contributed by atoms with van der Waals surface area (Å²) in [5.41, 5.74) is 0. The summed E-state index contributed by atoms with van der Waals surface area (Å²) in [7, 11) is 1.69. The Labute approximate surface area is 77.4 Å². The molecular formula is C7H14BNO4. The van der Waals surface area contributed by atoms with Gasteiger partial charge in [0.1, 0.15) is 0 Å². The quantitative estimate of drug-likeness (QED) is 0.409.